The van der Waals surface area contributed by atoms with Gasteiger partial charge in [-0.05, 0) is 6.92 Å². The second-order valence-corrected chi connectivity index (χ2v) is 4.13. The average Bonchev–Trinajstić information content (AvgIpc) is 2.80. The minimum atomic E-state index is -0.982. The van der Waals surface area contributed by atoms with Crippen LogP contribution in [0.5, 0.6) is 0 Å². The molecule has 1 amide bonds. The number of carbonyl (C=O) groups is 1. The van der Waals surface area contributed by atoms with E-state index in [0.29, 0.717) is 11.3 Å². The first-order chi connectivity index (χ1) is 9.13. The second kappa shape index (κ2) is 5.64. The summed E-state index contributed by atoms with van der Waals surface area (Å²) in [4.78, 5) is 11.6. The van der Waals surface area contributed by atoms with Gasteiger partial charge in [0.05, 0.1) is 6.61 Å². The van der Waals surface area contributed by atoms with Crippen molar-refractivity contribution in [1.29, 1.82) is 0 Å². The molecule has 1 aromatic carbocycles. The van der Waals surface area contributed by atoms with Crippen LogP contribution in [0.15, 0.2) is 34.9 Å². The Bertz CT molecular complexity index is 566. The monoisotopic (exact) mass is 261 g/mol. The zero-order chi connectivity index (χ0) is 13.8. The minimum absolute atomic E-state index is 0.243. The number of rotatable bonds is 4. The van der Waals surface area contributed by atoms with Crippen molar-refractivity contribution in [2.75, 3.05) is 11.9 Å². The van der Waals surface area contributed by atoms with E-state index in [1.54, 1.807) is 6.92 Å². The van der Waals surface area contributed by atoms with Crippen LogP contribution in [-0.4, -0.2) is 28.8 Å². The van der Waals surface area contributed by atoms with Crippen molar-refractivity contribution in [1.82, 2.24) is 5.16 Å². The fraction of sp³-hybridized carbons (Fsp3) is 0.231. The number of nitrogens with zero attached hydrogens (tertiary/aromatic N) is 1. The van der Waals surface area contributed by atoms with Gasteiger partial charge < -0.3 is 15.4 Å². The Kier molecular flexibility index (Phi) is 3.94. The maximum atomic E-state index is 11.6. The third kappa shape index (κ3) is 2.81. The van der Waals surface area contributed by atoms with Crippen molar-refractivity contribution < 1.29 is 14.4 Å². The third-order valence-corrected chi connectivity index (χ3v) is 2.74. The molecule has 1 aromatic heterocycles. The quantitative estimate of drug-likeness (QED) is 0.759. The van der Waals surface area contributed by atoms with Crippen molar-refractivity contribution in [3.05, 3.63) is 35.9 Å². The number of benzene rings is 1. The van der Waals surface area contributed by atoms with E-state index < -0.39 is 18.6 Å². The molecule has 0 unspecified atom stereocenters. The van der Waals surface area contributed by atoms with Gasteiger partial charge in [0.1, 0.15) is 11.7 Å². The van der Waals surface area contributed by atoms with E-state index >= 15 is 0 Å². The highest BCUT2D eigenvalue weighted by Gasteiger charge is 2.18. The third-order valence-electron chi connectivity index (χ3n) is 2.74. The number of hydrogen-bond acceptors (Lipinski definition) is 5. The number of nitrogens with two attached hydrogens (primary N) is 1. The Hall–Kier alpha value is -2.18. The summed E-state index contributed by atoms with van der Waals surface area (Å²) >= 11 is 0. The highest BCUT2D eigenvalue weighted by molar-refractivity contribution is 5.94. The molecule has 2 aromatic rings. The molecule has 0 aliphatic carbocycles. The SMILES string of the molecule is Cc1c(-c2ccccc2)noc1NC(=O)[C@@H](N)CO. The predicted octanol–water partition coefficient (Wildman–Crippen LogP) is 0.908. The number of carbonyl (C=O) groups excluding carboxylic acids is 1. The Morgan fingerprint density at radius 2 is 2.16 bits per heavy atom. The van der Waals surface area contributed by atoms with Gasteiger partial charge in [0.25, 0.3) is 0 Å². The Labute approximate surface area is 110 Å². The molecular weight excluding hydrogens is 246 g/mol. The molecule has 19 heavy (non-hydrogen) atoms. The van der Waals surface area contributed by atoms with Gasteiger partial charge in [-0.25, -0.2) is 0 Å². The van der Waals surface area contributed by atoms with Crippen molar-refractivity contribution in [3.8, 4) is 11.3 Å². The average molecular weight is 261 g/mol. The number of anilines is 1. The lowest BCUT2D eigenvalue weighted by atomic mass is 10.1. The Balaban J connectivity index is 2.22. The molecular formula is C13H15N3O3. The molecule has 4 N–H and O–H groups in total. The van der Waals surface area contributed by atoms with Crippen LogP contribution in [-0.2, 0) is 4.79 Å². The van der Waals surface area contributed by atoms with E-state index in [4.69, 9.17) is 15.4 Å². The molecule has 6 heteroatoms. The second-order valence-electron chi connectivity index (χ2n) is 4.13. The van der Waals surface area contributed by atoms with Crippen LogP contribution in [0.1, 0.15) is 5.56 Å². The maximum Gasteiger partial charge on any atom is 0.246 e. The lowest BCUT2D eigenvalue weighted by molar-refractivity contribution is -0.118. The van der Waals surface area contributed by atoms with E-state index in [0.717, 1.165) is 5.56 Å². The van der Waals surface area contributed by atoms with Gasteiger partial charge in [0.15, 0.2) is 0 Å². The number of nitrogens with one attached hydrogen (secondary N) is 1. The summed E-state index contributed by atoms with van der Waals surface area (Å²) in [5, 5.41) is 15.2. The van der Waals surface area contributed by atoms with Crippen LogP contribution >= 0.6 is 0 Å². The predicted molar refractivity (Wildman–Crippen MR) is 70.4 cm³/mol. The molecule has 2 rings (SSSR count). The molecule has 0 aliphatic rings. The molecule has 100 valence electrons. The van der Waals surface area contributed by atoms with Gasteiger partial charge in [-0.2, -0.15) is 0 Å². The molecule has 0 aliphatic heterocycles. The Morgan fingerprint density at radius 3 is 2.79 bits per heavy atom. The van der Waals surface area contributed by atoms with Gasteiger partial charge in [0, 0.05) is 11.1 Å². The number of hydrogen-bond donors (Lipinski definition) is 3. The molecule has 1 atom stereocenters. The summed E-state index contributed by atoms with van der Waals surface area (Å²) < 4.78 is 5.10. The van der Waals surface area contributed by atoms with Gasteiger partial charge in [-0.1, -0.05) is 35.5 Å². The van der Waals surface area contributed by atoms with Crippen LogP contribution in [0.3, 0.4) is 0 Å². The molecule has 0 spiro atoms. The van der Waals surface area contributed by atoms with E-state index in [2.05, 4.69) is 10.5 Å². The van der Waals surface area contributed by atoms with E-state index in [9.17, 15) is 4.79 Å². The molecule has 0 radical (unpaired) electrons. The first-order valence-electron chi connectivity index (χ1n) is 5.82. The summed E-state index contributed by atoms with van der Waals surface area (Å²) in [5.74, 6) is -0.269. The first-order valence-corrected chi connectivity index (χ1v) is 5.82. The van der Waals surface area contributed by atoms with Crippen molar-refractivity contribution in [2.45, 2.75) is 13.0 Å². The summed E-state index contributed by atoms with van der Waals surface area (Å²) in [5.41, 5.74) is 7.68. The van der Waals surface area contributed by atoms with E-state index in [-0.39, 0.29) is 5.88 Å². The van der Waals surface area contributed by atoms with Gasteiger partial charge in [-0.15, -0.1) is 0 Å². The molecule has 0 bridgehead atoms. The summed E-state index contributed by atoms with van der Waals surface area (Å²) in [6.45, 7) is 1.36. The van der Waals surface area contributed by atoms with Crippen LogP contribution in [0.4, 0.5) is 5.88 Å². The van der Waals surface area contributed by atoms with Gasteiger partial charge >= 0.3 is 0 Å². The molecule has 0 saturated carbocycles. The van der Waals surface area contributed by atoms with Crippen molar-refractivity contribution in [2.24, 2.45) is 5.73 Å². The van der Waals surface area contributed by atoms with Crippen molar-refractivity contribution >= 4 is 11.8 Å². The summed E-state index contributed by atoms with van der Waals surface area (Å²) in [6.07, 6.45) is 0. The van der Waals surface area contributed by atoms with E-state index in [1.807, 2.05) is 30.3 Å². The number of aromatic nitrogens is 1. The summed E-state index contributed by atoms with van der Waals surface area (Å²) in [7, 11) is 0. The van der Waals surface area contributed by atoms with Crippen LogP contribution in [0.25, 0.3) is 11.3 Å². The normalized spacial score (nSPS) is 12.2. The maximum absolute atomic E-state index is 11.6. The Morgan fingerprint density at radius 1 is 1.47 bits per heavy atom. The number of aliphatic hydroxyl groups is 1. The molecule has 1 heterocycles. The molecule has 6 nitrogen and oxygen atoms in total. The molecule has 0 saturated heterocycles. The fourth-order valence-corrected chi connectivity index (χ4v) is 1.61. The smallest absolute Gasteiger partial charge is 0.246 e. The highest BCUT2D eigenvalue weighted by atomic mass is 16.5. The lowest BCUT2D eigenvalue weighted by Crippen LogP contribution is -2.38. The molecule has 0 fully saturated rings. The largest absolute Gasteiger partial charge is 0.394 e. The van der Waals surface area contributed by atoms with Crippen LogP contribution < -0.4 is 11.1 Å². The lowest BCUT2D eigenvalue weighted by Gasteiger charge is -2.07. The summed E-state index contributed by atoms with van der Waals surface area (Å²) in [6, 6.07) is 8.50. The topological polar surface area (TPSA) is 101 Å². The zero-order valence-corrected chi connectivity index (χ0v) is 10.5. The van der Waals surface area contributed by atoms with Gasteiger partial charge in [-0.3, -0.25) is 10.1 Å². The van der Waals surface area contributed by atoms with Crippen LogP contribution in [0, 0.1) is 6.92 Å². The minimum Gasteiger partial charge on any atom is -0.394 e. The number of amides is 1. The van der Waals surface area contributed by atoms with Crippen LogP contribution in [0.2, 0.25) is 0 Å². The van der Waals surface area contributed by atoms with Crippen molar-refractivity contribution in [3.63, 3.8) is 0 Å². The highest BCUT2D eigenvalue weighted by Crippen LogP contribution is 2.27. The zero-order valence-electron chi connectivity index (χ0n) is 10.5. The fourth-order valence-electron chi connectivity index (χ4n) is 1.61. The van der Waals surface area contributed by atoms with Gasteiger partial charge in [0.2, 0.25) is 11.8 Å². The number of aliphatic hydroxyl groups excluding tert-OH is 1. The standard InChI is InChI=1S/C13H15N3O3/c1-8-11(9-5-3-2-4-6-9)16-19-13(8)15-12(18)10(14)7-17/h2-6,10,17H,7,14H2,1H3,(H,15,18)/t10-/m0/s1. The van der Waals surface area contributed by atoms with E-state index in [1.165, 1.54) is 0 Å². The first kappa shape index (κ1) is 13.3.